The molecule has 1 aromatic heterocycles. The lowest BCUT2D eigenvalue weighted by molar-refractivity contribution is 0.0985. The smallest absolute Gasteiger partial charge is 0.264 e. The highest BCUT2D eigenvalue weighted by Gasteiger charge is 2.29. The SMILES string of the molecule is Cc1cccc2sc(N(Cc3ccccc3)C(=O)c3ccc(S(=O)(=O)N4CCCc5ccccc54)cc3)nc12. The van der Waals surface area contributed by atoms with Gasteiger partial charge in [-0.25, -0.2) is 13.4 Å². The molecule has 1 aliphatic rings. The molecule has 0 spiro atoms. The first-order chi connectivity index (χ1) is 18.9. The van der Waals surface area contributed by atoms with Crippen molar-refractivity contribution in [2.24, 2.45) is 0 Å². The fraction of sp³-hybridized carbons (Fsp3) is 0.161. The number of rotatable bonds is 6. The topological polar surface area (TPSA) is 70.6 Å². The van der Waals surface area contributed by atoms with Gasteiger partial charge in [-0.1, -0.05) is 72.0 Å². The summed E-state index contributed by atoms with van der Waals surface area (Å²) in [5.74, 6) is -0.233. The van der Waals surface area contributed by atoms with Crippen molar-refractivity contribution < 1.29 is 13.2 Å². The number of fused-ring (bicyclic) bond motifs is 2. The summed E-state index contributed by atoms with van der Waals surface area (Å²) in [5, 5.41) is 0.606. The number of para-hydroxylation sites is 2. The number of amides is 1. The van der Waals surface area contributed by atoms with Crippen LogP contribution in [0.1, 0.15) is 33.5 Å². The van der Waals surface area contributed by atoms with E-state index in [1.165, 1.54) is 27.8 Å². The molecule has 1 amide bonds. The van der Waals surface area contributed by atoms with E-state index >= 15 is 0 Å². The van der Waals surface area contributed by atoms with Gasteiger partial charge in [0.15, 0.2) is 5.13 Å². The Morgan fingerprint density at radius 3 is 2.44 bits per heavy atom. The number of hydrogen-bond donors (Lipinski definition) is 0. The average Bonchev–Trinajstić information content (AvgIpc) is 3.41. The summed E-state index contributed by atoms with van der Waals surface area (Å²) in [6, 6.07) is 29.7. The maximum atomic E-state index is 13.9. The van der Waals surface area contributed by atoms with Gasteiger partial charge < -0.3 is 0 Å². The van der Waals surface area contributed by atoms with Crippen LogP contribution < -0.4 is 9.21 Å². The number of carbonyl (C=O) groups excluding carboxylic acids is 1. The highest BCUT2D eigenvalue weighted by Crippen LogP contribution is 2.34. The molecule has 0 bridgehead atoms. The van der Waals surface area contributed by atoms with Gasteiger partial charge in [0, 0.05) is 12.1 Å². The summed E-state index contributed by atoms with van der Waals surface area (Å²) < 4.78 is 29.7. The third-order valence-electron chi connectivity index (χ3n) is 7.03. The van der Waals surface area contributed by atoms with Crippen LogP contribution in [0.15, 0.2) is 102 Å². The lowest BCUT2D eigenvalue weighted by atomic mass is 10.0. The molecule has 6 rings (SSSR count). The molecule has 196 valence electrons. The van der Waals surface area contributed by atoms with Crippen LogP contribution in [0.4, 0.5) is 10.8 Å². The molecular formula is C31H27N3O3S2. The number of anilines is 2. The van der Waals surface area contributed by atoms with Crippen molar-refractivity contribution in [2.75, 3.05) is 15.7 Å². The molecule has 1 aliphatic heterocycles. The van der Waals surface area contributed by atoms with E-state index in [9.17, 15) is 13.2 Å². The zero-order valence-electron chi connectivity index (χ0n) is 21.4. The maximum Gasteiger partial charge on any atom is 0.264 e. The Labute approximate surface area is 232 Å². The quantitative estimate of drug-likeness (QED) is 0.238. The Morgan fingerprint density at radius 2 is 1.67 bits per heavy atom. The van der Waals surface area contributed by atoms with Crippen LogP contribution >= 0.6 is 11.3 Å². The Balaban J connectivity index is 1.33. The first-order valence-corrected chi connectivity index (χ1v) is 15.1. The van der Waals surface area contributed by atoms with E-state index in [-0.39, 0.29) is 10.8 Å². The molecule has 0 saturated carbocycles. The fourth-order valence-corrected chi connectivity index (χ4v) is 7.57. The molecule has 2 heterocycles. The van der Waals surface area contributed by atoms with Crippen molar-refractivity contribution in [1.82, 2.24) is 4.98 Å². The minimum Gasteiger partial charge on any atom is -0.279 e. The third-order valence-corrected chi connectivity index (χ3v) is 9.90. The second kappa shape index (κ2) is 10.3. The minimum absolute atomic E-state index is 0.168. The number of benzene rings is 4. The minimum atomic E-state index is -3.76. The molecule has 0 atom stereocenters. The first-order valence-electron chi connectivity index (χ1n) is 12.8. The summed E-state index contributed by atoms with van der Waals surface area (Å²) >= 11 is 1.47. The van der Waals surface area contributed by atoms with Gasteiger partial charge in [0.1, 0.15) is 0 Å². The summed E-state index contributed by atoms with van der Waals surface area (Å²) in [4.78, 5) is 20.5. The number of thiazole rings is 1. The molecule has 5 aromatic rings. The summed E-state index contributed by atoms with van der Waals surface area (Å²) in [6.07, 6.45) is 1.63. The first kappa shape index (κ1) is 25.3. The Bertz CT molecular complexity index is 1760. The lowest BCUT2D eigenvalue weighted by Gasteiger charge is -2.30. The van der Waals surface area contributed by atoms with Crippen LogP contribution in [0.3, 0.4) is 0 Å². The molecule has 0 saturated heterocycles. The summed E-state index contributed by atoms with van der Waals surface area (Å²) in [6.45, 7) is 2.79. The van der Waals surface area contributed by atoms with Crippen molar-refractivity contribution in [3.63, 3.8) is 0 Å². The van der Waals surface area contributed by atoms with Crippen molar-refractivity contribution in [3.8, 4) is 0 Å². The van der Waals surface area contributed by atoms with Crippen LogP contribution in [0, 0.1) is 6.92 Å². The molecule has 0 radical (unpaired) electrons. The van der Waals surface area contributed by atoms with E-state index in [0.717, 1.165) is 45.4 Å². The van der Waals surface area contributed by atoms with Crippen LogP contribution in [0.5, 0.6) is 0 Å². The zero-order valence-corrected chi connectivity index (χ0v) is 23.1. The van der Waals surface area contributed by atoms with Gasteiger partial charge in [0.2, 0.25) is 0 Å². The summed E-state index contributed by atoms with van der Waals surface area (Å²) in [7, 11) is -3.76. The van der Waals surface area contributed by atoms with E-state index in [0.29, 0.717) is 23.8 Å². The van der Waals surface area contributed by atoms with E-state index in [4.69, 9.17) is 4.98 Å². The molecule has 0 fully saturated rings. The molecule has 8 heteroatoms. The number of carbonyl (C=O) groups is 1. The van der Waals surface area contributed by atoms with Gasteiger partial charge in [-0.05, 0) is 72.9 Å². The molecule has 6 nitrogen and oxygen atoms in total. The predicted molar refractivity (Wildman–Crippen MR) is 157 cm³/mol. The van der Waals surface area contributed by atoms with Crippen molar-refractivity contribution in [1.29, 1.82) is 0 Å². The second-order valence-corrected chi connectivity index (χ2v) is 12.5. The third kappa shape index (κ3) is 4.82. The van der Waals surface area contributed by atoms with E-state index in [1.54, 1.807) is 17.0 Å². The predicted octanol–water partition coefficient (Wildman–Crippen LogP) is 6.59. The largest absolute Gasteiger partial charge is 0.279 e. The standard InChI is InChI=1S/C31H27N3O3S2/c1-22-9-7-15-28-29(22)32-31(38-28)33(21-23-10-3-2-4-11-23)30(35)25-16-18-26(19-17-25)39(36,37)34-20-8-13-24-12-5-6-14-27(24)34/h2-7,9-12,14-19H,8,13,20-21H2,1H3. The number of aromatic nitrogens is 1. The molecule has 0 unspecified atom stereocenters. The van der Waals surface area contributed by atoms with Crippen LogP contribution in [0.2, 0.25) is 0 Å². The van der Waals surface area contributed by atoms with Gasteiger partial charge in [-0.3, -0.25) is 14.0 Å². The highest BCUT2D eigenvalue weighted by atomic mass is 32.2. The monoisotopic (exact) mass is 553 g/mol. The van der Waals surface area contributed by atoms with Gasteiger partial charge in [-0.2, -0.15) is 0 Å². The summed E-state index contributed by atoms with van der Waals surface area (Å²) in [5.41, 5.74) is 5.07. The molecular weight excluding hydrogens is 526 g/mol. The number of aryl methyl sites for hydroxylation is 2. The van der Waals surface area contributed by atoms with Crippen molar-refractivity contribution in [2.45, 2.75) is 31.2 Å². The molecule has 0 aliphatic carbocycles. The van der Waals surface area contributed by atoms with Gasteiger partial charge in [0.25, 0.3) is 15.9 Å². The molecule has 39 heavy (non-hydrogen) atoms. The lowest BCUT2D eigenvalue weighted by Crippen LogP contribution is -2.35. The van der Waals surface area contributed by atoms with E-state index in [1.807, 2.05) is 79.7 Å². The molecule has 4 aromatic carbocycles. The number of sulfonamides is 1. The van der Waals surface area contributed by atoms with E-state index in [2.05, 4.69) is 0 Å². The highest BCUT2D eigenvalue weighted by molar-refractivity contribution is 7.92. The Hall–Kier alpha value is -4.01. The number of hydrogen-bond acceptors (Lipinski definition) is 5. The van der Waals surface area contributed by atoms with Gasteiger partial charge in [-0.15, -0.1) is 0 Å². The normalized spacial score (nSPS) is 13.3. The average molecular weight is 554 g/mol. The molecule has 0 N–H and O–H groups in total. The van der Waals surface area contributed by atoms with Gasteiger partial charge in [0.05, 0.1) is 27.3 Å². The zero-order chi connectivity index (χ0) is 27.0. The van der Waals surface area contributed by atoms with E-state index < -0.39 is 10.0 Å². The maximum absolute atomic E-state index is 13.9. The Kier molecular flexibility index (Phi) is 6.66. The second-order valence-electron chi connectivity index (χ2n) is 9.63. The van der Waals surface area contributed by atoms with Crippen molar-refractivity contribution >= 4 is 48.3 Å². The van der Waals surface area contributed by atoms with Crippen LogP contribution in [0.25, 0.3) is 10.2 Å². The fourth-order valence-electron chi connectivity index (χ4n) is 4.98. The number of nitrogens with zero attached hydrogens (tertiary/aromatic N) is 3. The van der Waals surface area contributed by atoms with Crippen LogP contribution in [-0.4, -0.2) is 25.9 Å². The van der Waals surface area contributed by atoms with Crippen LogP contribution in [-0.2, 0) is 23.0 Å². The van der Waals surface area contributed by atoms with Crippen molar-refractivity contribution in [3.05, 3.63) is 119 Å². The van der Waals surface area contributed by atoms with Gasteiger partial charge >= 0.3 is 0 Å². The Morgan fingerprint density at radius 1 is 0.923 bits per heavy atom.